The van der Waals surface area contributed by atoms with Gasteiger partial charge < -0.3 is 5.32 Å². The van der Waals surface area contributed by atoms with E-state index in [0.717, 1.165) is 32.1 Å². The summed E-state index contributed by atoms with van der Waals surface area (Å²) in [5, 5.41) is 2.97. The summed E-state index contributed by atoms with van der Waals surface area (Å²) < 4.78 is 0. The topological polar surface area (TPSA) is 79.4 Å². The standard InChI is InChI=1S/C21H20ClN3O3.ClH/c22-15-12-14(24-19(27)16-6-2-5-11-23-16)7-8-17(15)25-18(26)13-21(20(25)28)9-3-1-4-10-21;/h2,5-8,11-12H,1,3-4,9-10,13H2,(H,24,27);1H. The fourth-order valence-corrected chi connectivity index (χ4v) is 4.38. The van der Waals surface area contributed by atoms with Crippen molar-refractivity contribution in [1.82, 2.24) is 4.98 Å². The van der Waals surface area contributed by atoms with E-state index in [1.807, 2.05) is 0 Å². The molecular weight excluding hydrogens is 413 g/mol. The zero-order chi connectivity index (χ0) is 19.7. The van der Waals surface area contributed by atoms with E-state index in [4.69, 9.17) is 11.6 Å². The lowest BCUT2D eigenvalue weighted by Crippen LogP contribution is -2.37. The van der Waals surface area contributed by atoms with E-state index in [9.17, 15) is 14.4 Å². The predicted molar refractivity (Wildman–Crippen MR) is 114 cm³/mol. The van der Waals surface area contributed by atoms with Crippen LogP contribution in [-0.4, -0.2) is 22.7 Å². The summed E-state index contributed by atoms with van der Waals surface area (Å²) in [6.07, 6.45) is 6.34. The van der Waals surface area contributed by atoms with Crippen molar-refractivity contribution in [2.24, 2.45) is 5.41 Å². The van der Waals surface area contributed by atoms with Gasteiger partial charge >= 0.3 is 0 Å². The predicted octanol–water partition coefficient (Wildman–Crippen LogP) is 4.62. The fraction of sp³-hybridized carbons (Fsp3) is 0.333. The Hall–Kier alpha value is -2.44. The first-order chi connectivity index (χ1) is 13.5. The summed E-state index contributed by atoms with van der Waals surface area (Å²) in [6, 6.07) is 9.85. The lowest BCUT2D eigenvalue weighted by molar-refractivity contribution is -0.127. The first-order valence-electron chi connectivity index (χ1n) is 9.39. The Kier molecular flexibility index (Phi) is 6.24. The van der Waals surface area contributed by atoms with Crippen LogP contribution >= 0.6 is 24.0 Å². The van der Waals surface area contributed by atoms with Crippen LogP contribution in [0.4, 0.5) is 11.4 Å². The molecule has 0 unspecified atom stereocenters. The molecule has 6 nitrogen and oxygen atoms in total. The second-order valence-corrected chi connectivity index (χ2v) is 7.79. The quantitative estimate of drug-likeness (QED) is 0.715. The minimum absolute atomic E-state index is 0. The van der Waals surface area contributed by atoms with Crippen LogP contribution in [0.25, 0.3) is 0 Å². The molecule has 0 bridgehead atoms. The molecule has 4 rings (SSSR count). The summed E-state index contributed by atoms with van der Waals surface area (Å²) in [5.74, 6) is -0.720. The zero-order valence-electron chi connectivity index (χ0n) is 15.7. The molecule has 1 aromatic carbocycles. The van der Waals surface area contributed by atoms with Gasteiger partial charge in [0.1, 0.15) is 5.69 Å². The second kappa shape index (κ2) is 8.51. The third-order valence-electron chi connectivity index (χ3n) is 5.55. The van der Waals surface area contributed by atoms with E-state index in [-0.39, 0.29) is 47.3 Å². The maximum absolute atomic E-state index is 13.1. The van der Waals surface area contributed by atoms with E-state index in [0.29, 0.717) is 11.4 Å². The maximum atomic E-state index is 13.1. The summed E-state index contributed by atoms with van der Waals surface area (Å²) in [4.78, 5) is 43.1. The summed E-state index contributed by atoms with van der Waals surface area (Å²) in [7, 11) is 0. The van der Waals surface area contributed by atoms with Gasteiger partial charge in [0.15, 0.2) is 0 Å². The molecule has 29 heavy (non-hydrogen) atoms. The number of hydrogen-bond donors (Lipinski definition) is 1. The number of rotatable bonds is 3. The number of hydrogen-bond acceptors (Lipinski definition) is 4. The third-order valence-corrected chi connectivity index (χ3v) is 5.85. The van der Waals surface area contributed by atoms with Crippen LogP contribution in [0.5, 0.6) is 0 Å². The van der Waals surface area contributed by atoms with E-state index in [1.54, 1.807) is 36.4 Å². The SMILES string of the molecule is Cl.O=C(Nc1ccc(N2C(=O)CC3(CCCCC3)C2=O)c(Cl)c1)c1ccccn1. The lowest BCUT2D eigenvalue weighted by atomic mass is 9.73. The lowest BCUT2D eigenvalue weighted by Gasteiger charge is -2.30. The average Bonchev–Trinajstić information content (AvgIpc) is 2.93. The first-order valence-corrected chi connectivity index (χ1v) is 9.77. The highest BCUT2D eigenvalue weighted by molar-refractivity contribution is 6.36. The molecule has 0 radical (unpaired) electrons. The van der Waals surface area contributed by atoms with Gasteiger partial charge in [-0.15, -0.1) is 12.4 Å². The van der Waals surface area contributed by atoms with Gasteiger partial charge in [-0.25, -0.2) is 4.90 Å². The number of pyridine rings is 1. The van der Waals surface area contributed by atoms with Gasteiger partial charge in [-0.1, -0.05) is 36.9 Å². The summed E-state index contributed by atoms with van der Waals surface area (Å²) in [6.45, 7) is 0. The number of aromatic nitrogens is 1. The molecule has 2 fully saturated rings. The Morgan fingerprint density at radius 2 is 1.86 bits per heavy atom. The van der Waals surface area contributed by atoms with Crippen LogP contribution in [0, 0.1) is 5.41 Å². The van der Waals surface area contributed by atoms with Crippen molar-refractivity contribution >= 4 is 53.1 Å². The Bertz CT molecular complexity index is 943. The molecule has 1 spiro atoms. The molecular formula is C21H21Cl2N3O3. The van der Waals surface area contributed by atoms with Crippen LogP contribution in [0.1, 0.15) is 49.0 Å². The smallest absolute Gasteiger partial charge is 0.274 e. The minimum atomic E-state index is -0.565. The second-order valence-electron chi connectivity index (χ2n) is 7.39. The summed E-state index contributed by atoms with van der Waals surface area (Å²) in [5.41, 5.74) is 0.558. The van der Waals surface area contributed by atoms with Crippen molar-refractivity contribution in [2.45, 2.75) is 38.5 Å². The van der Waals surface area contributed by atoms with Gasteiger partial charge in [-0.2, -0.15) is 0 Å². The van der Waals surface area contributed by atoms with Gasteiger partial charge in [0.25, 0.3) is 5.91 Å². The molecule has 2 heterocycles. The van der Waals surface area contributed by atoms with Gasteiger partial charge in [0.05, 0.1) is 16.1 Å². The van der Waals surface area contributed by atoms with E-state index < -0.39 is 5.41 Å². The zero-order valence-corrected chi connectivity index (χ0v) is 17.3. The molecule has 0 atom stereocenters. The van der Waals surface area contributed by atoms with Crippen LogP contribution in [0.2, 0.25) is 5.02 Å². The van der Waals surface area contributed by atoms with Gasteiger partial charge in [-0.05, 0) is 43.2 Å². The highest BCUT2D eigenvalue weighted by Gasteiger charge is 2.52. The van der Waals surface area contributed by atoms with Crippen molar-refractivity contribution in [3.05, 3.63) is 53.3 Å². The van der Waals surface area contributed by atoms with Crippen LogP contribution in [-0.2, 0) is 9.59 Å². The van der Waals surface area contributed by atoms with E-state index in [1.165, 1.54) is 11.1 Å². The third kappa shape index (κ3) is 4.00. The molecule has 152 valence electrons. The van der Waals surface area contributed by atoms with Crippen LogP contribution < -0.4 is 10.2 Å². The number of halogens is 2. The molecule has 8 heteroatoms. The van der Waals surface area contributed by atoms with Crippen molar-refractivity contribution in [1.29, 1.82) is 0 Å². The number of nitrogens with zero attached hydrogens (tertiary/aromatic N) is 2. The molecule has 1 aromatic heterocycles. The molecule has 2 aromatic rings. The molecule has 1 saturated carbocycles. The highest BCUT2D eigenvalue weighted by Crippen LogP contribution is 2.47. The largest absolute Gasteiger partial charge is 0.321 e. The molecule has 1 aliphatic heterocycles. The van der Waals surface area contributed by atoms with Gasteiger partial charge in [0.2, 0.25) is 11.8 Å². The van der Waals surface area contributed by atoms with Crippen LogP contribution in [0.3, 0.4) is 0 Å². The van der Waals surface area contributed by atoms with Crippen molar-refractivity contribution in [3.8, 4) is 0 Å². The maximum Gasteiger partial charge on any atom is 0.274 e. The molecule has 1 aliphatic carbocycles. The van der Waals surface area contributed by atoms with Crippen LogP contribution in [0.15, 0.2) is 42.6 Å². The molecule has 3 amide bonds. The summed E-state index contributed by atoms with van der Waals surface area (Å²) >= 11 is 6.38. The monoisotopic (exact) mass is 433 g/mol. The van der Waals surface area contributed by atoms with Crippen molar-refractivity contribution < 1.29 is 14.4 Å². The normalized spacial score (nSPS) is 17.9. The minimum Gasteiger partial charge on any atom is -0.321 e. The number of anilines is 2. The number of carbonyl (C=O) groups is 3. The van der Waals surface area contributed by atoms with Crippen molar-refractivity contribution in [2.75, 3.05) is 10.2 Å². The molecule has 1 N–H and O–H groups in total. The first kappa shape index (κ1) is 21.3. The highest BCUT2D eigenvalue weighted by atomic mass is 35.5. The van der Waals surface area contributed by atoms with E-state index in [2.05, 4.69) is 10.3 Å². The number of imide groups is 1. The Morgan fingerprint density at radius 1 is 1.10 bits per heavy atom. The number of carbonyl (C=O) groups excluding carboxylic acids is 3. The number of amides is 3. The van der Waals surface area contributed by atoms with Crippen molar-refractivity contribution in [3.63, 3.8) is 0 Å². The Balaban J connectivity index is 0.00000240. The Labute approximate surface area is 180 Å². The number of benzene rings is 1. The average molecular weight is 434 g/mol. The number of nitrogens with one attached hydrogen (secondary N) is 1. The molecule has 2 aliphatic rings. The Morgan fingerprint density at radius 3 is 2.52 bits per heavy atom. The molecule has 1 saturated heterocycles. The van der Waals surface area contributed by atoms with E-state index >= 15 is 0 Å². The van der Waals surface area contributed by atoms with Gasteiger partial charge in [0, 0.05) is 18.3 Å². The fourth-order valence-electron chi connectivity index (χ4n) is 4.12. The van der Waals surface area contributed by atoms with Gasteiger partial charge in [-0.3, -0.25) is 19.4 Å².